The van der Waals surface area contributed by atoms with Crippen molar-refractivity contribution in [3.63, 3.8) is 0 Å². The summed E-state index contributed by atoms with van der Waals surface area (Å²) < 4.78 is 7.64. The molecule has 0 saturated carbocycles. The molecule has 20 heavy (non-hydrogen) atoms. The monoisotopic (exact) mass is 397 g/mol. The van der Waals surface area contributed by atoms with E-state index in [2.05, 4.69) is 68.4 Å². The van der Waals surface area contributed by atoms with Gasteiger partial charge in [-0.3, -0.25) is 0 Å². The summed E-state index contributed by atoms with van der Waals surface area (Å²) in [6.45, 7) is 2.09. The first kappa shape index (κ1) is 15.5. The molecule has 0 saturated heterocycles. The Hall–Kier alpha value is -0.840. The second-order valence-corrected chi connectivity index (χ2v) is 6.39. The maximum Gasteiger partial charge on any atom is 0.124 e. The van der Waals surface area contributed by atoms with Crippen LogP contribution in [0.1, 0.15) is 22.7 Å². The Morgan fingerprint density at radius 1 is 1.10 bits per heavy atom. The van der Waals surface area contributed by atoms with Crippen molar-refractivity contribution in [3.8, 4) is 5.75 Å². The van der Waals surface area contributed by atoms with Gasteiger partial charge in [-0.1, -0.05) is 44.0 Å². The summed E-state index contributed by atoms with van der Waals surface area (Å²) in [6, 6.07) is 12.5. The molecule has 1 atom stereocenters. The average molecular weight is 399 g/mol. The maximum absolute atomic E-state index is 5.49. The zero-order chi connectivity index (χ0) is 14.7. The molecule has 0 radical (unpaired) electrons. The molecule has 0 aliphatic rings. The van der Waals surface area contributed by atoms with E-state index in [1.165, 1.54) is 11.1 Å². The highest BCUT2D eigenvalue weighted by atomic mass is 79.9. The van der Waals surface area contributed by atoms with Gasteiger partial charge in [0.2, 0.25) is 0 Å². The molecule has 0 spiro atoms. The Bertz CT molecular complexity index is 613. The van der Waals surface area contributed by atoms with E-state index in [9.17, 15) is 0 Å². The van der Waals surface area contributed by atoms with Gasteiger partial charge < -0.3 is 10.1 Å². The van der Waals surface area contributed by atoms with Gasteiger partial charge in [0.15, 0.2) is 0 Å². The second-order valence-electron chi connectivity index (χ2n) is 4.62. The number of nitrogens with one attached hydrogen (secondary N) is 1. The molecule has 106 valence electrons. The van der Waals surface area contributed by atoms with Crippen LogP contribution < -0.4 is 10.1 Å². The zero-order valence-electron chi connectivity index (χ0n) is 11.7. The second kappa shape index (κ2) is 6.74. The van der Waals surface area contributed by atoms with E-state index in [0.29, 0.717) is 0 Å². The van der Waals surface area contributed by atoms with Gasteiger partial charge in [0.25, 0.3) is 0 Å². The lowest BCUT2D eigenvalue weighted by Crippen LogP contribution is -2.18. The fourth-order valence-electron chi connectivity index (χ4n) is 2.22. The predicted molar refractivity (Wildman–Crippen MR) is 90.5 cm³/mol. The minimum absolute atomic E-state index is 0.0827. The van der Waals surface area contributed by atoms with Crippen molar-refractivity contribution in [1.82, 2.24) is 5.32 Å². The predicted octanol–water partition coefficient (Wildman–Crippen LogP) is 4.84. The lowest BCUT2D eigenvalue weighted by atomic mass is 9.97. The zero-order valence-corrected chi connectivity index (χ0v) is 14.9. The first-order chi connectivity index (χ1) is 9.56. The molecule has 2 nitrogen and oxygen atoms in total. The highest BCUT2D eigenvalue weighted by Gasteiger charge is 2.17. The van der Waals surface area contributed by atoms with Gasteiger partial charge in [0, 0.05) is 14.5 Å². The lowest BCUT2D eigenvalue weighted by Gasteiger charge is -2.21. The van der Waals surface area contributed by atoms with Crippen LogP contribution in [-0.2, 0) is 0 Å². The first-order valence-corrected chi connectivity index (χ1v) is 7.92. The lowest BCUT2D eigenvalue weighted by molar-refractivity contribution is 0.405. The quantitative estimate of drug-likeness (QED) is 0.795. The molecule has 0 fully saturated rings. The minimum atomic E-state index is 0.0827. The number of rotatable bonds is 4. The molecular formula is C16H17Br2NO. The third-order valence-corrected chi connectivity index (χ3v) is 4.67. The molecule has 2 aromatic rings. The Morgan fingerprint density at radius 2 is 1.85 bits per heavy atom. The summed E-state index contributed by atoms with van der Waals surface area (Å²) in [6.07, 6.45) is 0. The summed E-state index contributed by atoms with van der Waals surface area (Å²) in [5.74, 6) is 0.879. The van der Waals surface area contributed by atoms with E-state index in [-0.39, 0.29) is 6.04 Å². The van der Waals surface area contributed by atoms with Crippen molar-refractivity contribution >= 4 is 31.9 Å². The molecular weight excluding hydrogens is 382 g/mol. The van der Waals surface area contributed by atoms with Gasteiger partial charge in [0.1, 0.15) is 5.75 Å². The van der Waals surface area contributed by atoms with Gasteiger partial charge in [-0.15, -0.1) is 0 Å². The molecule has 0 bridgehead atoms. The van der Waals surface area contributed by atoms with E-state index in [1.807, 2.05) is 19.2 Å². The van der Waals surface area contributed by atoms with Crippen molar-refractivity contribution in [2.75, 3.05) is 14.2 Å². The van der Waals surface area contributed by atoms with E-state index in [0.717, 1.165) is 20.3 Å². The smallest absolute Gasteiger partial charge is 0.124 e. The van der Waals surface area contributed by atoms with Crippen molar-refractivity contribution in [2.45, 2.75) is 13.0 Å². The van der Waals surface area contributed by atoms with Crippen LogP contribution in [0.15, 0.2) is 45.3 Å². The fourth-order valence-corrected chi connectivity index (χ4v) is 3.00. The van der Waals surface area contributed by atoms with Crippen molar-refractivity contribution in [3.05, 3.63) is 62.0 Å². The van der Waals surface area contributed by atoms with Crippen LogP contribution in [0.3, 0.4) is 0 Å². The topological polar surface area (TPSA) is 21.3 Å². The molecule has 0 aromatic heterocycles. The van der Waals surface area contributed by atoms with Crippen LogP contribution in [0, 0.1) is 6.92 Å². The van der Waals surface area contributed by atoms with Crippen LogP contribution in [0.5, 0.6) is 5.75 Å². The van der Waals surface area contributed by atoms with E-state index in [1.54, 1.807) is 7.11 Å². The Labute approximate surface area is 136 Å². The molecule has 0 heterocycles. The fraction of sp³-hybridized carbons (Fsp3) is 0.250. The number of hydrogen-bond donors (Lipinski definition) is 1. The van der Waals surface area contributed by atoms with Crippen LogP contribution in [-0.4, -0.2) is 14.2 Å². The van der Waals surface area contributed by atoms with Crippen LogP contribution in [0.2, 0.25) is 0 Å². The van der Waals surface area contributed by atoms with Gasteiger partial charge in [0.05, 0.1) is 13.2 Å². The highest BCUT2D eigenvalue weighted by Crippen LogP contribution is 2.33. The number of aryl methyl sites for hydroxylation is 1. The Morgan fingerprint density at radius 3 is 2.45 bits per heavy atom. The van der Waals surface area contributed by atoms with Crippen LogP contribution in [0.25, 0.3) is 0 Å². The molecule has 1 unspecified atom stereocenters. The van der Waals surface area contributed by atoms with E-state index < -0.39 is 0 Å². The average Bonchev–Trinajstić information content (AvgIpc) is 2.44. The number of ether oxygens (including phenoxy) is 1. The van der Waals surface area contributed by atoms with E-state index >= 15 is 0 Å². The molecule has 0 aliphatic heterocycles. The molecule has 1 N–H and O–H groups in total. The van der Waals surface area contributed by atoms with Gasteiger partial charge in [-0.2, -0.15) is 0 Å². The van der Waals surface area contributed by atoms with E-state index in [4.69, 9.17) is 4.74 Å². The first-order valence-electron chi connectivity index (χ1n) is 6.33. The maximum atomic E-state index is 5.49. The molecule has 0 aliphatic carbocycles. The van der Waals surface area contributed by atoms with Gasteiger partial charge in [-0.25, -0.2) is 0 Å². The van der Waals surface area contributed by atoms with Crippen LogP contribution >= 0.6 is 31.9 Å². The highest BCUT2D eigenvalue weighted by molar-refractivity contribution is 9.10. The number of methoxy groups -OCH3 is 1. The minimum Gasteiger partial charge on any atom is -0.496 e. The number of hydrogen-bond acceptors (Lipinski definition) is 2. The summed E-state index contributed by atoms with van der Waals surface area (Å²) in [4.78, 5) is 0. The Kier molecular flexibility index (Phi) is 5.24. The normalized spacial score (nSPS) is 12.2. The largest absolute Gasteiger partial charge is 0.496 e. The van der Waals surface area contributed by atoms with Crippen molar-refractivity contribution in [2.24, 2.45) is 0 Å². The summed E-state index contributed by atoms with van der Waals surface area (Å²) in [7, 11) is 3.66. The molecule has 0 amide bonds. The Balaban J connectivity index is 2.51. The van der Waals surface area contributed by atoms with Crippen molar-refractivity contribution in [1.29, 1.82) is 0 Å². The third kappa shape index (κ3) is 3.25. The standard InChI is InChI=1S/C16H17Br2NO/c1-10-4-5-11(8-14(10)18)16(19-2)13-9-12(17)6-7-15(13)20-3/h4-9,16,19H,1-3H3. The summed E-state index contributed by atoms with van der Waals surface area (Å²) >= 11 is 7.13. The molecule has 4 heteroatoms. The SMILES string of the molecule is CNC(c1ccc(C)c(Br)c1)c1cc(Br)ccc1OC. The van der Waals surface area contributed by atoms with Gasteiger partial charge in [-0.05, 0) is 49.4 Å². The molecule has 2 rings (SSSR count). The number of halogens is 2. The molecule has 2 aromatic carbocycles. The third-order valence-electron chi connectivity index (χ3n) is 3.32. The number of benzene rings is 2. The summed E-state index contributed by atoms with van der Waals surface area (Å²) in [5, 5.41) is 3.36. The van der Waals surface area contributed by atoms with Gasteiger partial charge >= 0.3 is 0 Å². The van der Waals surface area contributed by atoms with Crippen molar-refractivity contribution < 1.29 is 4.74 Å². The summed E-state index contributed by atoms with van der Waals surface area (Å²) in [5.41, 5.74) is 3.53. The van der Waals surface area contributed by atoms with Crippen LogP contribution in [0.4, 0.5) is 0 Å².